The first-order valence-electron chi connectivity index (χ1n) is 7.17. The molecule has 25 heavy (non-hydrogen) atoms. The standard InChI is InChI=1S/C16H14F4O4S/c1-3-8(2)9-4-6-10(7-5-9)24-15-12(18)11(17)13(19)16(14(15)20)25(21,22)23/h4-8H,3H2,1-2H3,(H,21,22,23)/p-1. The van der Waals surface area contributed by atoms with Gasteiger partial charge in [0.1, 0.15) is 20.8 Å². The topological polar surface area (TPSA) is 66.4 Å². The number of hydrogen-bond acceptors (Lipinski definition) is 4. The zero-order chi connectivity index (χ0) is 18.9. The van der Waals surface area contributed by atoms with Crippen molar-refractivity contribution in [1.29, 1.82) is 0 Å². The van der Waals surface area contributed by atoms with Gasteiger partial charge in [0, 0.05) is 0 Å². The van der Waals surface area contributed by atoms with Gasteiger partial charge >= 0.3 is 0 Å². The molecule has 136 valence electrons. The molecule has 0 radical (unpaired) electrons. The highest BCUT2D eigenvalue weighted by Gasteiger charge is 2.30. The first kappa shape index (κ1) is 19.2. The molecule has 0 spiro atoms. The van der Waals surface area contributed by atoms with Gasteiger partial charge in [0.15, 0.2) is 17.5 Å². The van der Waals surface area contributed by atoms with E-state index >= 15 is 0 Å². The molecule has 0 amide bonds. The van der Waals surface area contributed by atoms with E-state index in [1.54, 1.807) is 12.1 Å². The summed E-state index contributed by atoms with van der Waals surface area (Å²) in [7, 11) is -5.73. The molecule has 2 aromatic carbocycles. The summed E-state index contributed by atoms with van der Waals surface area (Å²) in [5.74, 6) is -10.4. The Kier molecular flexibility index (Phi) is 5.38. The molecule has 0 aliphatic heterocycles. The van der Waals surface area contributed by atoms with Crippen LogP contribution in [0.1, 0.15) is 31.7 Å². The molecule has 2 aromatic rings. The van der Waals surface area contributed by atoms with E-state index in [1.165, 1.54) is 12.1 Å². The fourth-order valence-electron chi connectivity index (χ4n) is 2.12. The van der Waals surface area contributed by atoms with Crippen LogP contribution in [0, 0.1) is 23.3 Å². The number of hydrogen-bond donors (Lipinski definition) is 0. The third kappa shape index (κ3) is 3.77. The van der Waals surface area contributed by atoms with Gasteiger partial charge in [0.2, 0.25) is 11.6 Å². The second kappa shape index (κ2) is 7.01. The van der Waals surface area contributed by atoms with Crippen LogP contribution in [0.25, 0.3) is 0 Å². The van der Waals surface area contributed by atoms with Gasteiger partial charge in [-0.25, -0.2) is 21.6 Å². The van der Waals surface area contributed by atoms with Gasteiger partial charge in [0.25, 0.3) is 0 Å². The Balaban J connectivity index is 2.52. The van der Waals surface area contributed by atoms with E-state index < -0.39 is 44.0 Å². The van der Waals surface area contributed by atoms with Crippen molar-refractivity contribution < 1.29 is 35.3 Å². The Morgan fingerprint density at radius 1 is 1.00 bits per heavy atom. The molecule has 0 aliphatic rings. The van der Waals surface area contributed by atoms with Crippen molar-refractivity contribution in [3.8, 4) is 11.5 Å². The van der Waals surface area contributed by atoms with Crippen LogP contribution in [0.2, 0.25) is 0 Å². The van der Waals surface area contributed by atoms with Gasteiger partial charge in [0.05, 0.1) is 0 Å². The van der Waals surface area contributed by atoms with E-state index in [4.69, 9.17) is 4.74 Å². The van der Waals surface area contributed by atoms with E-state index in [1.807, 2.05) is 13.8 Å². The van der Waals surface area contributed by atoms with Crippen LogP contribution in [0.5, 0.6) is 11.5 Å². The minimum Gasteiger partial charge on any atom is -0.744 e. The van der Waals surface area contributed by atoms with Crippen molar-refractivity contribution in [3.63, 3.8) is 0 Å². The minimum absolute atomic E-state index is 0.148. The SMILES string of the molecule is CCC(C)c1ccc(Oc2c(F)c(F)c(F)c(S(=O)(=O)[O-])c2F)cc1. The summed E-state index contributed by atoms with van der Waals surface area (Å²) in [6.07, 6.45) is 0.845. The van der Waals surface area contributed by atoms with Gasteiger partial charge in [-0.15, -0.1) is 0 Å². The molecular formula is C16H13F4O4S-. The average molecular weight is 377 g/mol. The van der Waals surface area contributed by atoms with Crippen molar-refractivity contribution in [1.82, 2.24) is 0 Å². The van der Waals surface area contributed by atoms with Crippen molar-refractivity contribution in [2.75, 3.05) is 0 Å². The molecule has 1 unspecified atom stereocenters. The monoisotopic (exact) mass is 377 g/mol. The molecule has 4 nitrogen and oxygen atoms in total. The zero-order valence-electron chi connectivity index (χ0n) is 13.1. The van der Waals surface area contributed by atoms with Crippen LogP contribution in [0.4, 0.5) is 17.6 Å². The summed E-state index contributed by atoms with van der Waals surface area (Å²) < 4.78 is 92.3. The smallest absolute Gasteiger partial charge is 0.207 e. The van der Waals surface area contributed by atoms with E-state index in [0.29, 0.717) is 0 Å². The Hall–Kier alpha value is -2.13. The third-order valence-electron chi connectivity index (χ3n) is 3.71. The van der Waals surface area contributed by atoms with Gasteiger partial charge < -0.3 is 9.29 Å². The quantitative estimate of drug-likeness (QED) is 0.334. The first-order chi connectivity index (χ1) is 11.6. The number of halogens is 4. The molecule has 0 aliphatic carbocycles. The molecule has 0 saturated carbocycles. The van der Waals surface area contributed by atoms with Crippen molar-refractivity contribution in [2.45, 2.75) is 31.1 Å². The fourth-order valence-corrected chi connectivity index (χ4v) is 2.74. The maximum atomic E-state index is 14.1. The Labute approximate surface area is 141 Å². The molecule has 0 heterocycles. The largest absolute Gasteiger partial charge is 0.744 e. The predicted octanol–water partition coefficient (Wildman–Crippen LogP) is 4.45. The summed E-state index contributed by atoms with van der Waals surface area (Å²) in [4.78, 5) is -2.13. The maximum Gasteiger partial charge on any atom is 0.207 e. The van der Waals surface area contributed by atoms with Gasteiger partial charge in [-0.1, -0.05) is 26.0 Å². The van der Waals surface area contributed by atoms with Crippen LogP contribution < -0.4 is 4.74 Å². The number of ether oxygens (including phenoxy) is 1. The lowest BCUT2D eigenvalue weighted by molar-refractivity contribution is 0.345. The highest BCUT2D eigenvalue weighted by Crippen LogP contribution is 2.35. The Morgan fingerprint density at radius 2 is 1.56 bits per heavy atom. The predicted molar refractivity (Wildman–Crippen MR) is 79.5 cm³/mol. The average Bonchev–Trinajstić information content (AvgIpc) is 2.55. The lowest BCUT2D eigenvalue weighted by Crippen LogP contribution is -2.11. The van der Waals surface area contributed by atoms with E-state index in [2.05, 4.69) is 0 Å². The molecule has 0 saturated heterocycles. The molecular weight excluding hydrogens is 364 g/mol. The molecule has 0 aromatic heterocycles. The highest BCUT2D eigenvalue weighted by molar-refractivity contribution is 7.85. The molecule has 0 bridgehead atoms. The maximum absolute atomic E-state index is 14.1. The van der Waals surface area contributed by atoms with Crippen LogP contribution in [0.3, 0.4) is 0 Å². The number of benzene rings is 2. The molecule has 0 fully saturated rings. The summed E-state index contributed by atoms with van der Waals surface area (Å²) in [5.41, 5.74) is 0.906. The third-order valence-corrected chi connectivity index (χ3v) is 4.57. The molecule has 1 atom stereocenters. The Bertz CT molecular complexity index is 896. The summed E-state index contributed by atoms with van der Waals surface area (Å²) in [6.45, 7) is 3.92. The van der Waals surface area contributed by atoms with Crippen molar-refractivity contribution in [3.05, 3.63) is 53.1 Å². The first-order valence-corrected chi connectivity index (χ1v) is 8.58. The van der Waals surface area contributed by atoms with Crippen molar-refractivity contribution in [2.24, 2.45) is 0 Å². The molecule has 2 rings (SSSR count). The molecule has 0 N–H and O–H groups in total. The lowest BCUT2D eigenvalue weighted by Gasteiger charge is -2.15. The molecule has 9 heteroatoms. The normalized spacial score (nSPS) is 12.9. The highest BCUT2D eigenvalue weighted by atomic mass is 32.2. The van der Waals surface area contributed by atoms with Crippen LogP contribution in [-0.4, -0.2) is 13.0 Å². The van der Waals surface area contributed by atoms with Crippen LogP contribution in [-0.2, 0) is 10.1 Å². The van der Waals surface area contributed by atoms with Crippen LogP contribution in [0.15, 0.2) is 29.2 Å². The summed E-state index contributed by atoms with van der Waals surface area (Å²) in [5, 5.41) is 0. The van der Waals surface area contributed by atoms with Gasteiger partial charge in [-0.2, -0.15) is 4.39 Å². The summed E-state index contributed by atoms with van der Waals surface area (Å²) in [6, 6.07) is 5.86. The van der Waals surface area contributed by atoms with E-state index in [9.17, 15) is 30.5 Å². The van der Waals surface area contributed by atoms with Crippen molar-refractivity contribution >= 4 is 10.1 Å². The van der Waals surface area contributed by atoms with E-state index in [-0.39, 0.29) is 11.7 Å². The van der Waals surface area contributed by atoms with E-state index in [0.717, 1.165) is 12.0 Å². The second-order valence-corrected chi connectivity index (χ2v) is 6.67. The lowest BCUT2D eigenvalue weighted by atomic mass is 9.99. The Morgan fingerprint density at radius 3 is 2.04 bits per heavy atom. The van der Waals surface area contributed by atoms with Gasteiger partial charge in [-0.3, -0.25) is 0 Å². The van der Waals surface area contributed by atoms with Gasteiger partial charge in [-0.05, 0) is 30.0 Å². The fraction of sp³-hybridized carbons (Fsp3) is 0.250. The second-order valence-electron chi connectivity index (χ2n) is 5.35. The zero-order valence-corrected chi connectivity index (χ0v) is 14.0. The van der Waals surface area contributed by atoms with Crippen LogP contribution >= 0.6 is 0 Å². The minimum atomic E-state index is -5.73. The number of rotatable bonds is 5. The summed E-state index contributed by atoms with van der Waals surface area (Å²) >= 11 is 0.